The number of aromatic nitrogens is 1. The molecule has 9 nitrogen and oxygen atoms in total. The number of furan rings is 1. The van der Waals surface area contributed by atoms with Crippen molar-refractivity contribution in [3.8, 4) is 11.3 Å². The van der Waals surface area contributed by atoms with Gasteiger partial charge in [-0.3, -0.25) is 19.9 Å². The molecule has 1 saturated heterocycles. The van der Waals surface area contributed by atoms with Crippen molar-refractivity contribution in [1.82, 2.24) is 15.2 Å². The average molecular weight is 528 g/mol. The molecule has 0 radical (unpaired) electrons. The van der Waals surface area contributed by atoms with E-state index in [9.17, 15) is 14.9 Å². The highest BCUT2D eigenvalue weighted by atomic mass is 32.1. The molecule has 3 heterocycles. The van der Waals surface area contributed by atoms with Gasteiger partial charge in [-0.05, 0) is 61.1 Å². The monoisotopic (exact) mass is 527 g/mol. The topological polar surface area (TPSA) is 114 Å². The highest BCUT2D eigenvalue weighted by Crippen LogP contribution is 2.40. The molecule has 10 heteroatoms. The summed E-state index contributed by atoms with van der Waals surface area (Å²) in [5.74, 6) is 0.974. The number of non-ortho nitro benzene ring substituents is 1. The lowest BCUT2D eigenvalue weighted by Gasteiger charge is -2.25. The number of hydrogen-bond donors (Lipinski definition) is 2. The number of nitro groups is 1. The summed E-state index contributed by atoms with van der Waals surface area (Å²) < 4.78 is 6.24. The van der Waals surface area contributed by atoms with E-state index in [1.165, 1.54) is 12.1 Å². The fourth-order valence-corrected chi connectivity index (χ4v) is 4.90. The predicted octanol–water partition coefficient (Wildman–Crippen LogP) is 5.56. The number of carbonyl (C=O) groups is 1. The normalized spacial score (nSPS) is 16.8. The van der Waals surface area contributed by atoms with Crippen LogP contribution in [0.25, 0.3) is 11.3 Å². The first kappa shape index (κ1) is 25.1. The number of benzene rings is 2. The Morgan fingerprint density at radius 1 is 1.13 bits per heavy atom. The quantitative estimate of drug-likeness (QED) is 0.174. The summed E-state index contributed by atoms with van der Waals surface area (Å²) in [6, 6.07) is 22.5. The Kier molecular flexibility index (Phi) is 7.14. The minimum Gasteiger partial charge on any atom is -0.459 e. The maximum atomic E-state index is 12.8. The number of nitrogens with one attached hydrogen (secondary N) is 2. The number of nitro benzene ring substituents is 1. The number of aryl methyl sites for hydroxylation is 1. The van der Waals surface area contributed by atoms with Crippen LogP contribution in [0, 0.1) is 17.0 Å². The van der Waals surface area contributed by atoms with Gasteiger partial charge in [-0.1, -0.05) is 30.3 Å². The molecule has 2 atom stereocenters. The van der Waals surface area contributed by atoms with Crippen molar-refractivity contribution in [2.45, 2.75) is 25.4 Å². The van der Waals surface area contributed by atoms with Gasteiger partial charge in [-0.25, -0.2) is 0 Å². The van der Waals surface area contributed by atoms with E-state index >= 15 is 0 Å². The summed E-state index contributed by atoms with van der Waals surface area (Å²) in [6.45, 7) is 2.32. The molecule has 1 aliphatic heterocycles. The Morgan fingerprint density at radius 2 is 1.97 bits per heavy atom. The Labute approximate surface area is 224 Å². The maximum Gasteiger partial charge on any atom is 0.270 e. The second-order valence-electron chi connectivity index (χ2n) is 9.00. The van der Waals surface area contributed by atoms with Crippen LogP contribution in [0.5, 0.6) is 0 Å². The average Bonchev–Trinajstić information content (AvgIpc) is 3.52. The van der Waals surface area contributed by atoms with E-state index in [0.717, 1.165) is 16.9 Å². The largest absolute Gasteiger partial charge is 0.459 e. The zero-order chi connectivity index (χ0) is 26.6. The molecule has 2 unspecified atom stereocenters. The highest BCUT2D eigenvalue weighted by molar-refractivity contribution is 7.80. The lowest BCUT2D eigenvalue weighted by Crippen LogP contribution is -2.32. The minimum absolute atomic E-state index is 0.0169. The number of nitrogens with zero attached hydrogens (tertiary/aromatic N) is 3. The minimum atomic E-state index is -0.437. The van der Waals surface area contributed by atoms with Crippen LogP contribution in [0.4, 0.5) is 11.4 Å². The van der Waals surface area contributed by atoms with Gasteiger partial charge < -0.3 is 20.0 Å². The van der Waals surface area contributed by atoms with Gasteiger partial charge >= 0.3 is 0 Å². The van der Waals surface area contributed by atoms with E-state index in [-0.39, 0.29) is 30.1 Å². The molecule has 38 heavy (non-hydrogen) atoms. The molecule has 0 spiro atoms. The summed E-state index contributed by atoms with van der Waals surface area (Å²) >= 11 is 5.68. The van der Waals surface area contributed by atoms with Crippen molar-refractivity contribution in [3.63, 3.8) is 0 Å². The fraction of sp³-hybridized carbons (Fsp3) is 0.179. The van der Waals surface area contributed by atoms with Crippen LogP contribution in [0.15, 0.2) is 89.5 Å². The molecule has 5 rings (SSSR count). The molecular formula is C28H25N5O4S. The van der Waals surface area contributed by atoms with Crippen LogP contribution < -0.4 is 10.6 Å². The Bertz CT molecular complexity index is 1490. The fourth-order valence-electron chi connectivity index (χ4n) is 4.56. The van der Waals surface area contributed by atoms with Crippen LogP contribution >= 0.6 is 12.2 Å². The zero-order valence-electron chi connectivity index (χ0n) is 20.5. The van der Waals surface area contributed by atoms with Gasteiger partial charge in [-0.2, -0.15) is 0 Å². The van der Waals surface area contributed by atoms with Crippen molar-refractivity contribution >= 4 is 34.6 Å². The van der Waals surface area contributed by atoms with E-state index in [2.05, 4.69) is 15.6 Å². The smallest absolute Gasteiger partial charge is 0.270 e. The number of rotatable bonds is 8. The second-order valence-corrected chi connectivity index (χ2v) is 9.38. The molecule has 0 bridgehead atoms. The molecule has 1 amide bonds. The third-order valence-electron chi connectivity index (χ3n) is 6.34. The van der Waals surface area contributed by atoms with E-state index < -0.39 is 4.92 Å². The van der Waals surface area contributed by atoms with Crippen LogP contribution in [0.1, 0.15) is 35.5 Å². The van der Waals surface area contributed by atoms with Crippen LogP contribution in [0.3, 0.4) is 0 Å². The molecule has 2 N–H and O–H groups in total. The first-order valence-corrected chi connectivity index (χ1v) is 12.5. The van der Waals surface area contributed by atoms with E-state index in [0.29, 0.717) is 28.7 Å². The summed E-state index contributed by atoms with van der Waals surface area (Å²) in [5, 5.41) is 18.0. The van der Waals surface area contributed by atoms with Gasteiger partial charge in [0.1, 0.15) is 17.6 Å². The second kappa shape index (κ2) is 10.8. The van der Waals surface area contributed by atoms with Gasteiger partial charge in [0.05, 0.1) is 16.7 Å². The molecule has 1 fully saturated rings. The zero-order valence-corrected chi connectivity index (χ0v) is 21.4. The molecular weight excluding hydrogens is 502 g/mol. The lowest BCUT2D eigenvalue weighted by atomic mass is 10.0. The molecule has 0 saturated carbocycles. The maximum absolute atomic E-state index is 12.8. The number of carbonyl (C=O) groups excluding carboxylic acids is 1. The van der Waals surface area contributed by atoms with Crippen LogP contribution in [0.2, 0.25) is 0 Å². The summed E-state index contributed by atoms with van der Waals surface area (Å²) in [4.78, 5) is 30.0. The molecule has 192 valence electrons. The first-order chi connectivity index (χ1) is 18.4. The van der Waals surface area contributed by atoms with Gasteiger partial charge in [0.25, 0.3) is 5.69 Å². The number of anilines is 1. The number of hydrogen-bond acceptors (Lipinski definition) is 6. The van der Waals surface area contributed by atoms with Gasteiger partial charge in [0.2, 0.25) is 5.91 Å². The predicted molar refractivity (Wildman–Crippen MR) is 147 cm³/mol. The summed E-state index contributed by atoms with van der Waals surface area (Å²) in [6.07, 6.45) is 1.92. The molecule has 1 aliphatic rings. The molecule has 2 aromatic carbocycles. The van der Waals surface area contributed by atoms with Crippen molar-refractivity contribution < 1.29 is 14.1 Å². The lowest BCUT2D eigenvalue weighted by molar-refractivity contribution is -0.384. The van der Waals surface area contributed by atoms with Crippen LogP contribution in [-0.2, 0) is 4.79 Å². The number of amides is 1. The number of pyridine rings is 1. The molecule has 0 aliphatic carbocycles. The van der Waals surface area contributed by atoms with E-state index in [4.69, 9.17) is 16.6 Å². The summed E-state index contributed by atoms with van der Waals surface area (Å²) in [5.41, 5.74) is 3.16. The van der Waals surface area contributed by atoms with E-state index in [1.807, 2.05) is 60.4 Å². The van der Waals surface area contributed by atoms with E-state index in [1.54, 1.807) is 24.4 Å². The van der Waals surface area contributed by atoms with Crippen LogP contribution in [-0.4, -0.2) is 32.4 Å². The van der Waals surface area contributed by atoms with Crippen molar-refractivity contribution in [3.05, 3.63) is 112 Å². The van der Waals surface area contributed by atoms with Crippen molar-refractivity contribution in [1.29, 1.82) is 0 Å². The third kappa shape index (κ3) is 5.40. The summed E-state index contributed by atoms with van der Waals surface area (Å²) in [7, 11) is 0. The molecule has 2 aromatic heterocycles. The Morgan fingerprint density at radius 3 is 2.74 bits per heavy atom. The third-order valence-corrected chi connectivity index (χ3v) is 6.69. The standard InChI is InChI=1S/C28H25N5O4S/c1-18-6-4-8-20(16-18)30-25(34)13-15-32-27(26(31-28(32)38)22-10-2-3-14-29-22)24-12-11-23(37-24)19-7-5-9-21(17-19)33(35)36/h2-12,14,16-17,26-27H,13,15H2,1H3,(H,30,34)(H,31,38). The number of thiocarbonyl (C=S) groups is 1. The Balaban J connectivity index is 1.41. The highest BCUT2D eigenvalue weighted by Gasteiger charge is 2.41. The van der Waals surface area contributed by atoms with Gasteiger partial charge in [0, 0.05) is 42.5 Å². The van der Waals surface area contributed by atoms with Gasteiger partial charge in [0.15, 0.2) is 5.11 Å². The molecule has 4 aromatic rings. The first-order valence-electron chi connectivity index (χ1n) is 12.1. The van der Waals surface area contributed by atoms with Crippen molar-refractivity contribution in [2.75, 3.05) is 11.9 Å². The van der Waals surface area contributed by atoms with Crippen molar-refractivity contribution in [2.24, 2.45) is 0 Å². The van der Waals surface area contributed by atoms with Gasteiger partial charge in [-0.15, -0.1) is 0 Å². The SMILES string of the molecule is Cc1cccc(NC(=O)CCN2C(=S)NC(c3ccccn3)C2c2ccc(-c3cccc([N+](=O)[O-])c3)o2)c1. The Hall–Kier alpha value is -4.57.